The maximum atomic E-state index is 14.1. The van der Waals surface area contributed by atoms with Gasteiger partial charge in [0.05, 0.1) is 31.7 Å². The van der Waals surface area contributed by atoms with E-state index in [0.717, 1.165) is 18.7 Å². The monoisotopic (exact) mass is 466 g/mol. The number of hydrogen-bond donors (Lipinski definition) is 1. The minimum absolute atomic E-state index is 0.0400. The number of fused-ring (bicyclic) bond motifs is 3. The largest absolute Gasteiger partial charge is 0.378 e. The van der Waals surface area contributed by atoms with Crippen LogP contribution >= 0.6 is 0 Å². The predicted octanol–water partition coefficient (Wildman–Crippen LogP) is 1.66. The molecular formula is C26H31FN4O3. The van der Waals surface area contributed by atoms with Gasteiger partial charge in [-0.3, -0.25) is 14.5 Å². The Morgan fingerprint density at radius 3 is 2.59 bits per heavy atom. The summed E-state index contributed by atoms with van der Waals surface area (Å²) >= 11 is 0. The molecule has 2 amide bonds. The van der Waals surface area contributed by atoms with E-state index in [1.807, 2.05) is 17.0 Å². The molecule has 0 aromatic heterocycles. The molecule has 0 aliphatic carbocycles. The third-order valence-electron chi connectivity index (χ3n) is 7.18. The highest BCUT2D eigenvalue weighted by atomic mass is 19.1. The number of para-hydroxylation sites is 1. The van der Waals surface area contributed by atoms with Crippen LogP contribution in [0.4, 0.5) is 10.1 Å². The molecule has 180 valence electrons. The smallest absolute Gasteiger partial charge is 0.236 e. The third-order valence-corrected chi connectivity index (χ3v) is 7.18. The summed E-state index contributed by atoms with van der Waals surface area (Å²) in [5.74, 6) is -0.547. The topological polar surface area (TPSA) is 65.1 Å². The van der Waals surface area contributed by atoms with Crippen molar-refractivity contribution in [3.8, 4) is 0 Å². The molecule has 3 heterocycles. The zero-order valence-electron chi connectivity index (χ0n) is 19.3. The van der Waals surface area contributed by atoms with Crippen LogP contribution < -0.4 is 10.2 Å². The van der Waals surface area contributed by atoms with E-state index in [2.05, 4.69) is 27.2 Å². The molecule has 34 heavy (non-hydrogen) atoms. The van der Waals surface area contributed by atoms with Crippen LogP contribution in [0.3, 0.4) is 0 Å². The van der Waals surface area contributed by atoms with Gasteiger partial charge in [-0.25, -0.2) is 4.39 Å². The first-order valence-electron chi connectivity index (χ1n) is 12.0. The lowest BCUT2D eigenvalue weighted by molar-refractivity contribution is -0.136. The Kier molecular flexibility index (Phi) is 6.78. The Balaban J connectivity index is 1.30. The summed E-state index contributed by atoms with van der Waals surface area (Å²) in [5.41, 5.74) is 2.80. The number of carbonyl (C=O) groups excluding carboxylic acids is 2. The zero-order chi connectivity index (χ0) is 23.5. The van der Waals surface area contributed by atoms with E-state index in [-0.39, 0.29) is 36.1 Å². The van der Waals surface area contributed by atoms with Gasteiger partial charge in [-0.15, -0.1) is 0 Å². The molecule has 2 saturated heterocycles. The lowest BCUT2D eigenvalue weighted by atomic mass is 9.83. The second-order valence-corrected chi connectivity index (χ2v) is 9.24. The Bertz CT molecular complexity index is 1040. The van der Waals surface area contributed by atoms with E-state index in [1.165, 1.54) is 11.8 Å². The molecule has 2 fully saturated rings. The summed E-state index contributed by atoms with van der Waals surface area (Å²) < 4.78 is 19.4. The van der Waals surface area contributed by atoms with Crippen molar-refractivity contribution in [2.45, 2.75) is 19.0 Å². The number of hydrogen-bond acceptors (Lipinski definition) is 5. The zero-order valence-corrected chi connectivity index (χ0v) is 19.3. The highest BCUT2D eigenvalue weighted by Gasteiger charge is 2.41. The molecule has 2 atom stereocenters. The van der Waals surface area contributed by atoms with Crippen molar-refractivity contribution in [1.29, 1.82) is 0 Å². The van der Waals surface area contributed by atoms with Crippen molar-refractivity contribution in [2.75, 3.05) is 57.4 Å². The molecule has 3 aliphatic rings. The van der Waals surface area contributed by atoms with Gasteiger partial charge in [0.25, 0.3) is 0 Å². The molecule has 0 spiro atoms. The SMILES string of the molecule is O=C(NCc1ccccc1F)[C@@H]1Cc2ccccc2N2CCN(CC(=O)N3CCOCC3)C[C@H]12. The van der Waals surface area contributed by atoms with Crippen LogP contribution in [0.2, 0.25) is 0 Å². The van der Waals surface area contributed by atoms with E-state index in [1.54, 1.807) is 18.2 Å². The summed E-state index contributed by atoms with van der Waals surface area (Å²) in [6.45, 7) is 5.13. The first kappa shape index (κ1) is 22.8. The molecule has 8 heteroatoms. The van der Waals surface area contributed by atoms with Gasteiger partial charge in [0.15, 0.2) is 0 Å². The second-order valence-electron chi connectivity index (χ2n) is 9.24. The fourth-order valence-corrected chi connectivity index (χ4v) is 5.32. The molecule has 1 N–H and O–H groups in total. The molecule has 7 nitrogen and oxygen atoms in total. The van der Waals surface area contributed by atoms with Crippen molar-refractivity contribution in [3.05, 3.63) is 65.5 Å². The lowest BCUT2D eigenvalue weighted by Gasteiger charge is -2.49. The number of anilines is 1. The molecular weight excluding hydrogens is 435 g/mol. The van der Waals surface area contributed by atoms with E-state index >= 15 is 0 Å². The van der Waals surface area contributed by atoms with Gasteiger partial charge in [-0.2, -0.15) is 0 Å². The fraction of sp³-hybridized carbons (Fsp3) is 0.462. The van der Waals surface area contributed by atoms with Crippen LogP contribution in [-0.2, 0) is 27.3 Å². The van der Waals surface area contributed by atoms with E-state index in [9.17, 15) is 14.0 Å². The molecule has 3 aliphatic heterocycles. The van der Waals surface area contributed by atoms with Crippen LogP contribution in [-0.4, -0.2) is 80.1 Å². The van der Waals surface area contributed by atoms with E-state index in [0.29, 0.717) is 51.4 Å². The minimum Gasteiger partial charge on any atom is -0.378 e. The highest BCUT2D eigenvalue weighted by molar-refractivity contribution is 5.82. The van der Waals surface area contributed by atoms with Crippen molar-refractivity contribution in [3.63, 3.8) is 0 Å². The average molecular weight is 467 g/mol. The van der Waals surface area contributed by atoms with Crippen molar-refractivity contribution in [2.24, 2.45) is 5.92 Å². The van der Waals surface area contributed by atoms with Gasteiger partial charge in [0.1, 0.15) is 5.82 Å². The van der Waals surface area contributed by atoms with E-state index in [4.69, 9.17) is 4.74 Å². The number of nitrogens with one attached hydrogen (secondary N) is 1. The first-order chi connectivity index (χ1) is 16.6. The van der Waals surface area contributed by atoms with Crippen LogP contribution in [0.1, 0.15) is 11.1 Å². The second kappa shape index (κ2) is 10.1. The maximum absolute atomic E-state index is 14.1. The van der Waals surface area contributed by atoms with Gasteiger partial charge in [0.2, 0.25) is 11.8 Å². The van der Waals surface area contributed by atoms with Crippen LogP contribution in [0.5, 0.6) is 0 Å². The van der Waals surface area contributed by atoms with Gasteiger partial charge in [0, 0.05) is 50.5 Å². The summed E-state index contributed by atoms with van der Waals surface area (Å²) in [6, 6.07) is 14.7. The van der Waals surface area contributed by atoms with Gasteiger partial charge in [-0.1, -0.05) is 36.4 Å². The highest BCUT2D eigenvalue weighted by Crippen LogP contribution is 2.36. The Labute approximate surface area is 199 Å². The van der Waals surface area contributed by atoms with Crippen molar-refractivity contribution < 1.29 is 18.7 Å². The fourth-order valence-electron chi connectivity index (χ4n) is 5.32. The van der Waals surface area contributed by atoms with Crippen LogP contribution in [0, 0.1) is 11.7 Å². The predicted molar refractivity (Wildman–Crippen MR) is 127 cm³/mol. The Hall–Kier alpha value is -2.97. The third kappa shape index (κ3) is 4.79. The minimum atomic E-state index is -0.316. The average Bonchev–Trinajstić information content (AvgIpc) is 2.88. The number of amides is 2. The van der Waals surface area contributed by atoms with Gasteiger partial charge >= 0.3 is 0 Å². The summed E-state index contributed by atoms with van der Waals surface area (Å²) in [6.07, 6.45) is 0.631. The number of ether oxygens (including phenoxy) is 1. The number of benzene rings is 2. The van der Waals surface area contributed by atoms with E-state index < -0.39 is 0 Å². The number of rotatable bonds is 5. The summed E-state index contributed by atoms with van der Waals surface area (Å²) in [5, 5.41) is 2.97. The van der Waals surface area contributed by atoms with Gasteiger partial charge in [-0.05, 0) is 24.1 Å². The standard InChI is InChI=1S/C26H31FN4O3/c27-22-7-3-1-6-20(22)16-28-26(33)21-15-19-5-2-4-8-23(19)31-10-9-29(17-24(21)31)18-25(32)30-11-13-34-14-12-30/h1-8,21,24H,9-18H2,(H,28,33)/t21-,24-/m1/s1. The number of piperazine rings is 1. The molecule has 0 bridgehead atoms. The van der Waals surface area contributed by atoms with Gasteiger partial charge < -0.3 is 19.9 Å². The first-order valence-corrected chi connectivity index (χ1v) is 12.0. The quantitative estimate of drug-likeness (QED) is 0.726. The van der Waals surface area contributed by atoms with Crippen molar-refractivity contribution in [1.82, 2.24) is 15.1 Å². The van der Waals surface area contributed by atoms with Crippen LogP contribution in [0.25, 0.3) is 0 Å². The summed E-state index contributed by atoms with van der Waals surface area (Å²) in [4.78, 5) is 32.5. The molecule has 0 unspecified atom stereocenters. The molecule has 0 saturated carbocycles. The lowest BCUT2D eigenvalue weighted by Crippen LogP contribution is -2.62. The number of carbonyl (C=O) groups is 2. The maximum Gasteiger partial charge on any atom is 0.236 e. The molecule has 2 aromatic carbocycles. The normalized spacial score (nSPS) is 22.6. The molecule has 5 rings (SSSR count). The molecule has 0 radical (unpaired) electrons. The van der Waals surface area contributed by atoms with Crippen LogP contribution in [0.15, 0.2) is 48.5 Å². The molecule has 2 aromatic rings. The Morgan fingerprint density at radius 1 is 1.00 bits per heavy atom. The number of nitrogens with zero attached hydrogens (tertiary/aromatic N) is 3. The summed E-state index contributed by atoms with van der Waals surface area (Å²) in [7, 11) is 0. The number of morpholine rings is 1. The Morgan fingerprint density at radius 2 is 1.76 bits per heavy atom. The number of halogens is 1. The van der Waals surface area contributed by atoms with Crippen molar-refractivity contribution >= 4 is 17.5 Å².